The van der Waals surface area contributed by atoms with Crippen molar-refractivity contribution in [2.24, 2.45) is 7.05 Å². The van der Waals surface area contributed by atoms with Gasteiger partial charge in [0.1, 0.15) is 5.82 Å². The van der Waals surface area contributed by atoms with Crippen LogP contribution >= 0.6 is 0 Å². The Morgan fingerprint density at radius 1 is 0.575 bits per heavy atom. The lowest BCUT2D eigenvalue weighted by atomic mass is 10.1. The topological polar surface area (TPSA) is 40.6 Å². The molecule has 190 valence electrons. The molecule has 3 aromatic heterocycles. The largest absolute Gasteiger partial charge is 0.334 e. The van der Waals surface area contributed by atoms with Crippen molar-refractivity contribution in [1.82, 2.24) is 23.9 Å². The summed E-state index contributed by atoms with van der Waals surface area (Å²) < 4.78 is 6.49. The van der Waals surface area contributed by atoms with Crippen LogP contribution in [0.4, 0.5) is 0 Å². The third-order valence-corrected chi connectivity index (χ3v) is 7.71. The van der Waals surface area contributed by atoms with Crippen LogP contribution in [0.2, 0.25) is 0 Å². The van der Waals surface area contributed by atoms with Crippen molar-refractivity contribution in [1.29, 1.82) is 0 Å². The number of hydrogen-bond acceptors (Lipinski definition) is 2. The summed E-state index contributed by atoms with van der Waals surface area (Å²) in [5.41, 5.74) is 8.70. The highest BCUT2D eigenvalue weighted by Gasteiger charge is 2.18. The summed E-state index contributed by atoms with van der Waals surface area (Å²) in [6, 6.07) is 42.8. The predicted molar refractivity (Wildman–Crippen MR) is 163 cm³/mol. The van der Waals surface area contributed by atoms with Gasteiger partial charge in [-0.15, -0.1) is 0 Å². The molecule has 40 heavy (non-hydrogen) atoms. The Morgan fingerprint density at radius 2 is 1.32 bits per heavy atom. The number of aromatic nitrogens is 5. The van der Waals surface area contributed by atoms with E-state index in [2.05, 4.69) is 134 Å². The van der Waals surface area contributed by atoms with Gasteiger partial charge in [0.05, 0.1) is 27.9 Å². The van der Waals surface area contributed by atoms with E-state index in [-0.39, 0.29) is 0 Å². The molecule has 8 rings (SSSR count). The number of benzene rings is 5. The first-order valence-electron chi connectivity index (χ1n) is 13.4. The van der Waals surface area contributed by atoms with Crippen LogP contribution in [0.15, 0.2) is 134 Å². The molecule has 0 saturated carbocycles. The average molecular weight is 516 g/mol. The van der Waals surface area contributed by atoms with E-state index in [9.17, 15) is 0 Å². The van der Waals surface area contributed by atoms with E-state index in [0.29, 0.717) is 0 Å². The van der Waals surface area contributed by atoms with Crippen LogP contribution < -0.4 is 0 Å². The molecule has 0 N–H and O–H groups in total. The first-order chi connectivity index (χ1) is 19.8. The van der Waals surface area contributed by atoms with Crippen LogP contribution in [0.5, 0.6) is 0 Å². The number of rotatable bonds is 4. The Balaban J connectivity index is 1.40. The van der Waals surface area contributed by atoms with Crippen LogP contribution in [0.3, 0.4) is 0 Å². The van der Waals surface area contributed by atoms with Crippen molar-refractivity contribution in [3.8, 4) is 34.0 Å². The van der Waals surface area contributed by atoms with Crippen LogP contribution in [0.25, 0.3) is 66.7 Å². The summed E-state index contributed by atoms with van der Waals surface area (Å²) >= 11 is 0. The molecule has 5 aromatic carbocycles. The second-order valence-electron chi connectivity index (χ2n) is 10.1. The Kier molecular flexibility index (Phi) is 4.97. The first kappa shape index (κ1) is 22.6. The van der Waals surface area contributed by atoms with E-state index in [0.717, 1.165) is 50.4 Å². The second-order valence-corrected chi connectivity index (χ2v) is 10.1. The van der Waals surface area contributed by atoms with E-state index in [1.807, 2.05) is 25.5 Å². The summed E-state index contributed by atoms with van der Waals surface area (Å²) in [7, 11) is 2.03. The lowest BCUT2D eigenvalue weighted by Crippen LogP contribution is -2.00. The molecule has 0 spiro atoms. The predicted octanol–water partition coefficient (Wildman–Crippen LogP) is 8.19. The van der Waals surface area contributed by atoms with Gasteiger partial charge in [0.15, 0.2) is 0 Å². The van der Waals surface area contributed by atoms with Gasteiger partial charge >= 0.3 is 0 Å². The zero-order valence-electron chi connectivity index (χ0n) is 21.9. The number of nitrogens with zero attached hydrogens (tertiary/aromatic N) is 5. The maximum atomic E-state index is 5.08. The van der Waals surface area contributed by atoms with Crippen LogP contribution in [0, 0.1) is 0 Å². The van der Waals surface area contributed by atoms with Gasteiger partial charge in [0, 0.05) is 52.4 Å². The normalized spacial score (nSPS) is 11.6. The van der Waals surface area contributed by atoms with Crippen molar-refractivity contribution in [3.05, 3.63) is 134 Å². The molecule has 0 radical (unpaired) electrons. The highest BCUT2D eigenvalue weighted by molar-refractivity contribution is 6.10. The first-order valence-corrected chi connectivity index (χ1v) is 13.4. The number of imidazole rings is 1. The molecule has 0 atom stereocenters. The van der Waals surface area contributed by atoms with Crippen LogP contribution in [0.1, 0.15) is 0 Å². The van der Waals surface area contributed by atoms with Gasteiger partial charge in [-0.25, -0.2) is 9.67 Å². The maximum Gasteiger partial charge on any atom is 0.139 e. The van der Waals surface area contributed by atoms with Gasteiger partial charge in [-0.1, -0.05) is 84.9 Å². The van der Waals surface area contributed by atoms with Gasteiger partial charge in [0.25, 0.3) is 0 Å². The summed E-state index contributed by atoms with van der Waals surface area (Å²) in [5, 5.41) is 8.64. The lowest BCUT2D eigenvalue weighted by Gasteiger charge is -2.12. The van der Waals surface area contributed by atoms with E-state index in [1.54, 1.807) is 0 Å². The SMILES string of the molecule is Cn1ccnc1-c1cccc(-n2c3ccccc3c3ccc(-n4nc5ccccc5c4-c4ccccc4)cc32)c1. The Labute approximate surface area is 231 Å². The van der Waals surface area contributed by atoms with Gasteiger partial charge in [-0.2, -0.15) is 5.10 Å². The van der Waals surface area contributed by atoms with Gasteiger partial charge in [-0.3, -0.25) is 0 Å². The zero-order chi connectivity index (χ0) is 26.6. The fraction of sp³-hybridized carbons (Fsp3) is 0.0286. The van der Waals surface area contributed by atoms with Crippen molar-refractivity contribution >= 4 is 32.7 Å². The van der Waals surface area contributed by atoms with Gasteiger partial charge < -0.3 is 9.13 Å². The summed E-state index contributed by atoms with van der Waals surface area (Å²) in [6.07, 6.45) is 3.82. The minimum atomic E-state index is 0.944. The van der Waals surface area contributed by atoms with Crippen molar-refractivity contribution in [2.75, 3.05) is 0 Å². The number of fused-ring (bicyclic) bond motifs is 4. The minimum absolute atomic E-state index is 0.944. The van der Waals surface area contributed by atoms with Crippen molar-refractivity contribution in [3.63, 3.8) is 0 Å². The van der Waals surface area contributed by atoms with E-state index >= 15 is 0 Å². The molecule has 3 heterocycles. The van der Waals surface area contributed by atoms with Crippen LogP contribution in [-0.4, -0.2) is 23.9 Å². The molecule has 8 aromatic rings. The molecule has 0 aliphatic rings. The fourth-order valence-corrected chi connectivity index (χ4v) is 5.89. The van der Waals surface area contributed by atoms with Gasteiger partial charge in [-0.05, 0) is 36.4 Å². The third-order valence-electron chi connectivity index (χ3n) is 7.71. The number of hydrogen-bond donors (Lipinski definition) is 0. The third kappa shape index (κ3) is 3.41. The van der Waals surface area contributed by atoms with Crippen LogP contribution in [-0.2, 0) is 7.05 Å². The molecule has 0 fully saturated rings. The van der Waals surface area contributed by atoms with E-state index < -0.39 is 0 Å². The number of para-hydroxylation sites is 1. The molecule has 5 nitrogen and oxygen atoms in total. The van der Waals surface area contributed by atoms with E-state index in [4.69, 9.17) is 5.10 Å². The fourth-order valence-electron chi connectivity index (χ4n) is 5.89. The van der Waals surface area contributed by atoms with Crippen molar-refractivity contribution < 1.29 is 0 Å². The smallest absolute Gasteiger partial charge is 0.139 e. The van der Waals surface area contributed by atoms with Crippen molar-refractivity contribution in [2.45, 2.75) is 0 Å². The molecule has 5 heteroatoms. The molecule has 0 unspecified atom stereocenters. The summed E-state index contributed by atoms with van der Waals surface area (Å²) in [5.74, 6) is 0.944. The zero-order valence-corrected chi connectivity index (χ0v) is 21.9. The number of aryl methyl sites for hydroxylation is 1. The highest BCUT2D eigenvalue weighted by atomic mass is 15.3. The monoisotopic (exact) mass is 515 g/mol. The summed E-state index contributed by atoms with van der Waals surface area (Å²) in [4.78, 5) is 4.59. The van der Waals surface area contributed by atoms with Gasteiger partial charge in [0.2, 0.25) is 0 Å². The quantitative estimate of drug-likeness (QED) is 0.237. The summed E-state index contributed by atoms with van der Waals surface area (Å²) in [6.45, 7) is 0. The van der Waals surface area contributed by atoms with E-state index in [1.165, 1.54) is 16.3 Å². The Bertz CT molecular complexity index is 2180. The lowest BCUT2D eigenvalue weighted by molar-refractivity contribution is 0.905. The molecule has 0 saturated heterocycles. The molecule has 0 bridgehead atoms. The second kappa shape index (κ2) is 8.82. The minimum Gasteiger partial charge on any atom is -0.334 e. The molecule has 0 aliphatic heterocycles. The molecule has 0 aliphatic carbocycles. The molecule has 0 amide bonds. The molecular formula is C35H25N5. The standard InChI is InChI=1S/C35H25N5/c1-38-21-20-36-35(38)25-12-9-13-26(22-25)39-32-17-8-6-14-28(32)29-19-18-27(23-33(29)39)40-34(24-10-3-2-4-11-24)30-15-5-7-16-31(30)37-40/h2-23H,1H3. The average Bonchev–Trinajstić information content (AvgIpc) is 3.70. The Morgan fingerprint density at radius 3 is 2.17 bits per heavy atom. The maximum absolute atomic E-state index is 5.08. The highest BCUT2D eigenvalue weighted by Crippen LogP contribution is 2.36. The Hall–Kier alpha value is -5.42. The molecular weight excluding hydrogens is 490 g/mol.